The van der Waals surface area contributed by atoms with Gasteiger partial charge >= 0.3 is 6.03 Å². The first-order chi connectivity index (χ1) is 6.19. The Balaban J connectivity index is 2.41. The molecular weight excluding hydrogens is 172 g/mol. The molecule has 1 heterocycles. The lowest BCUT2D eigenvalue weighted by Crippen LogP contribution is -2.37. The van der Waals surface area contributed by atoms with E-state index in [2.05, 4.69) is 0 Å². The van der Waals surface area contributed by atoms with Gasteiger partial charge in [-0.1, -0.05) is 0 Å². The van der Waals surface area contributed by atoms with Crippen LogP contribution in [0.3, 0.4) is 0 Å². The van der Waals surface area contributed by atoms with Crippen LogP contribution in [0.2, 0.25) is 0 Å². The number of amides is 2. The Hall–Kier alpha value is -0.810. The molecule has 1 saturated heterocycles. The quantitative estimate of drug-likeness (QED) is 0.582. The van der Waals surface area contributed by atoms with Gasteiger partial charge in [0.25, 0.3) is 0 Å². The first-order valence-corrected chi connectivity index (χ1v) is 4.24. The average Bonchev–Trinajstić information content (AvgIpc) is 2.45. The summed E-state index contributed by atoms with van der Waals surface area (Å²) in [5.41, 5.74) is 0. The van der Waals surface area contributed by atoms with Gasteiger partial charge in [0.1, 0.15) is 0 Å². The van der Waals surface area contributed by atoms with Crippen molar-refractivity contribution in [2.45, 2.75) is 6.29 Å². The van der Waals surface area contributed by atoms with Crippen molar-refractivity contribution in [1.29, 1.82) is 0 Å². The molecule has 1 rings (SSSR count). The van der Waals surface area contributed by atoms with E-state index in [1.807, 2.05) is 0 Å². The molecule has 1 aliphatic heterocycles. The summed E-state index contributed by atoms with van der Waals surface area (Å²) in [6.07, 6.45) is -0.324. The molecule has 0 aromatic heterocycles. The number of hydrogen-bond donors (Lipinski definition) is 0. The van der Waals surface area contributed by atoms with Gasteiger partial charge in [-0.3, -0.25) is 0 Å². The van der Waals surface area contributed by atoms with Crippen molar-refractivity contribution in [3.05, 3.63) is 0 Å². The third-order valence-electron chi connectivity index (χ3n) is 2.20. The molecule has 5 nitrogen and oxygen atoms in total. The van der Waals surface area contributed by atoms with Crippen molar-refractivity contribution < 1.29 is 14.3 Å². The third kappa shape index (κ3) is 2.32. The van der Waals surface area contributed by atoms with Crippen LogP contribution in [0.1, 0.15) is 0 Å². The largest absolute Gasteiger partial charge is 0.354 e. The molecule has 13 heavy (non-hydrogen) atoms. The Labute approximate surface area is 78.2 Å². The Morgan fingerprint density at radius 3 is 2.38 bits per heavy atom. The molecule has 0 saturated carbocycles. The fraction of sp³-hybridized carbons (Fsp3) is 0.875. The highest BCUT2D eigenvalue weighted by Gasteiger charge is 2.27. The molecule has 0 N–H and O–H groups in total. The SMILES string of the molecule is COC(CN1CCN(C)C1=O)OC. The summed E-state index contributed by atoms with van der Waals surface area (Å²) >= 11 is 0. The molecule has 0 aromatic carbocycles. The number of urea groups is 1. The molecule has 1 fully saturated rings. The number of hydrogen-bond acceptors (Lipinski definition) is 3. The van der Waals surface area contributed by atoms with Crippen molar-refractivity contribution in [3.63, 3.8) is 0 Å². The van der Waals surface area contributed by atoms with Crippen LogP contribution < -0.4 is 0 Å². The molecule has 0 atom stereocenters. The summed E-state index contributed by atoms with van der Waals surface area (Å²) in [5.74, 6) is 0. The molecule has 5 heteroatoms. The molecular formula is C8H16N2O3. The lowest BCUT2D eigenvalue weighted by atomic mass is 10.5. The van der Waals surface area contributed by atoms with Gasteiger partial charge in [-0.2, -0.15) is 0 Å². The molecule has 0 aromatic rings. The molecule has 0 unspecified atom stereocenters. The number of rotatable bonds is 4. The highest BCUT2D eigenvalue weighted by atomic mass is 16.7. The van der Waals surface area contributed by atoms with Gasteiger partial charge in [-0.05, 0) is 0 Å². The van der Waals surface area contributed by atoms with Crippen molar-refractivity contribution in [3.8, 4) is 0 Å². The Morgan fingerprint density at radius 1 is 1.38 bits per heavy atom. The number of carbonyl (C=O) groups excluding carboxylic acids is 1. The van der Waals surface area contributed by atoms with Crippen LogP contribution in [-0.4, -0.2) is 63.0 Å². The van der Waals surface area contributed by atoms with Gasteiger partial charge < -0.3 is 19.3 Å². The summed E-state index contributed by atoms with van der Waals surface area (Å²) in [7, 11) is 4.92. The van der Waals surface area contributed by atoms with Crippen molar-refractivity contribution in [2.75, 3.05) is 40.9 Å². The summed E-state index contributed by atoms with van der Waals surface area (Å²) in [6, 6.07) is 0.0408. The molecule has 76 valence electrons. The molecule has 0 bridgehead atoms. The normalized spacial score (nSPS) is 17.7. The minimum atomic E-state index is -0.324. The maximum atomic E-state index is 11.4. The van der Waals surface area contributed by atoms with Crippen molar-refractivity contribution in [2.24, 2.45) is 0 Å². The van der Waals surface area contributed by atoms with E-state index in [9.17, 15) is 4.79 Å². The second-order valence-electron chi connectivity index (χ2n) is 3.05. The smallest absolute Gasteiger partial charge is 0.320 e. The Kier molecular flexibility index (Phi) is 3.50. The highest BCUT2D eigenvalue weighted by Crippen LogP contribution is 2.07. The van der Waals surface area contributed by atoms with Crippen LogP contribution in [0, 0.1) is 0 Å². The van der Waals surface area contributed by atoms with Gasteiger partial charge in [-0.15, -0.1) is 0 Å². The van der Waals surface area contributed by atoms with Crippen LogP contribution in [0.15, 0.2) is 0 Å². The van der Waals surface area contributed by atoms with Crippen molar-refractivity contribution >= 4 is 6.03 Å². The minimum Gasteiger partial charge on any atom is -0.354 e. The number of ether oxygens (including phenoxy) is 2. The predicted molar refractivity (Wildman–Crippen MR) is 47.4 cm³/mol. The standard InChI is InChI=1S/C8H16N2O3/c1-9-4-5-10(8(9)11)6-7(12-2)13-3/h7H,4-6H2,1-3H3. The number of nitrogens with zero attached hydrogens (tertiary/aromatic N) is 2. The first kappa shape index (κ1) is 10.3. The van der Waals surface area contributed by atoms with Crippen LogP contribution >= 0.6 is 0 Å². The fourth-order valence-corrected chi connectivity index (χ4v) is 1.30. The van der Waals surface area contributed by atoms with Crippen molar-refractivity contribution in [1.82, 2.24) is 9.80 Å². The maximum Gasteiger partial charge on any atom is 0.320 e. The van der Waals surface area contributed by atoms with Gasteiger partial charge in [-0.25, -0.2) is 4.79 Å². The van der Waals surface area contributed by atoms with Crippen LogP contribution in [0.25, 0.3) is 0 Å². The van der Waals surface area contributed by atoms with Gasteiger partial charge in [0, 0.05) is 34.4 Å². The summed E-state index contributed by atoms with van der Waals surface area (Å²) in [5, 5.41) is 0. The lowest BCUT2D eigenvalue weighted by Gasteiger charge is -2.21. The van der Waals surface area contributed by atoms with Gasteiger partial charge in [0.15, 0.2) is 6.29 Å². The lowest BCUT2D eigenvalue weighted by molar-refractivity contribution is -0.110. The predicted octanol–water partition coefficient (Wildman–Crippen LogP) is -0.0273. The number of likely N-dealkylation sites (N-methyl/N-ethyl adjacent to an activating group) is 1. The number of carbonyl (C=O) groups is 1. The zero-order valence-electron chi connectivity index (χ0n) is 8.32. The fourth-order valence-electron chi connectivity index (χ4n) is 1.30. The molecule has 0 aliphatic carbocycles. The zero-order chi connectivity index (χ0) is 9.84. The summed E-state index contributed by atoms with van der Waals surface area (Å²) in [4.78, 5) is 14.8. The second-order valence-corrected chi connectivity index (χ2v) is 3.05. The first-order valence-electron chi connectivity index (χ1n) is 4.24. The van der Waals surface area contributed by atoms with Gasteiger partial charge in [0.2, 0.25) is 0 Å². The van der Waals surface area contributed by atoms with Gasteiger partial charge in [0.05, 0.1) is 6.54 Å². The van der Waals surface area contributed by atoms with E-state index in [0.29, 0.717) is 6.54 Å². The van der Waals surface area contributed by atoms with E-state index in [1.54, 1.807) is 31.1 Å². The molecule has 1 aliphatic rings. The van der Waals surface area contributed by atoms with Crippen LogP contribution in [-0.2, 0) is 9.47 Å². The maximum absolute atomic E-state index is 11.4. The third-order valence-corrected chi connectivity index (χ3v) is 2.20. The Morgan fingerprint density at radius 2 is 2.00 bits per heavy atom. The monoisotopic (exact) mass is 188 g/mol. The Bertz CT molecular complexity index is 182. The topological polar surface area (TPSA) is 42.0 Å². The van der Waals surface area contributed by atoms with E-state index >= 15 is 0 Å². The molecule has 2 amide bonds. The van der Waals surface area contributed by atoms with Crippen LogP contribution in [0.4, 0.5) is 4.79 Å². The van der Waals surface area contributed by atoms with Crippen LogP contribution in [0.5, 0.6) is 0 Å². The average molecular weight is 188 g/mol. The second kappa shape index (κ2) is 4.43. The summed E-state index contributed by atoms with van der Waals surface area (Å²) in [6.45, 7) is 2.02. The van der Waals surface area contributed by atoms with E-state index in [4.69, 9.17) is 9.47 Å². The van der Waals surface area contributed by atoms with E-state index < -0.39 is 0 Å². The molecule has 0 spiro atoms. The van der Waals surface area contributed by atoms with E-state index in [-0.39, 0.29) is 12.3 Å². The van der Waals surface area contributed by atoms with E-state index in [1.165, 1.54) is 0 Å². The number of methoxy groups -OCH3 is 2. The molecule has 0 radical (unpaired) electrons. The summed E-state index contributed by atoms with van der Waals surface area (Å²) < 4.78 is 10.0. The van der Waals surface area contributed by atoms with E-state index in [0.717, 1.165) is 13.1 Å². The zero-order valence-corrected chi connectivity index (χ0v) is 8.32. The minimum absolute atomic E-state index is 0.0408. The highest BCUT2D eigenvalue weighted by molar-refractivity contribution is 5.76.